The highest BCUT2D eigenvalue weighted by atomic mass is 32.1. The van der Waals surface area contributed by atoms with E-state index in [1.807, 2.05) is 11.3 Å². The monoisotopic (exact) mass is 279 g/mol. The molecule has 5 heteroatoms. The molecule has 96 valence electrons. The van der Waals surface area contributed by atoms with Gasteiger partial charge in [-0.2, -0.15) is 0 Å². The standard InChI is InChI=1S/C13H17N3S2/c14-13-15-10(9-18-13)5-6-16(11-3-4-11)8-12-2-1-7-17-12/h1-2,7,9,11H,3-6,8H2,(H2,14,15). The van der Waals surface area contributed by atoms with Crippen LogP contribution in [0.3, 0.4) is 0 Å². The topological polar surface area (TPSA) is 42.1 Å². The van der Waals surface area contributed by atoms with Gasteiger partial charge >= 0.3 is 0 Å². The van der Waals surface area contributed by atoms with Crippen LogP contribution >= 0.6 is 22.7 Å². The molecule has 1 saturated carbocycles. The number of thiophene rings is 1. The molecule has 1 aliphatic rings. The van der Waals surface area contributed by atoms with Gasteiger partial charge in [-0.15, -0.1) is 22.7 Å². The van der Waals surface area contributed by atoms with Crippen LogP contribution in [0.4, 0.5) is 5.13 Å². The molecule has 0 aromatic carbocycles. The number of nitrogen functional groups attached to an aromatic ring is 1. The molecule has 2 aromatic heterocycles. The molecule has 0 bridgehead atoms. The lowest BCUT2D eigenvalue weighted by atomic mass is 10.3. The van der Waals surface area contributed by atoms with Gasteiger partial charge in [-0.25, -0.2) is 4.98 Å². The Bertz CT molecular complexity index is 488. The summed E-state index contributed by atoms with van der Waals surface area (Å²) in [4.78, 5) is 8.37. The Balaban J connectivity index is 1.57. The molecule has 0 amide bonds. The van der Waals surface area contributed by atoms with Crippen molar-refractivity contribution in [2.75, 3.05) is 12.3 Å². The van der Waals surface area contributed by atoms with E-state index < -0.39 is 0 Å². The minimum absolute atomic E-state index is 0.682. The Morgan fingerprint density at radius 2 is 2.28 bits per heavy atom. The number of rotatable bonds is 6. The minimum atomic E-state index is 0.682. The summed E-state index contributed by atoms with van der Waals surface area (Å²) in [5.74, 6) is 0. The van der Waals surface area contributed by atoms with Crippen LogP contribution in [0, 0.1) is 0 Å². The molecule has 18 heavy (non-hydrogen) atoms. The van der Waals surface area contributed by atoms with Crippen LogP contribution in [0.15, 0.2) is 22.9 Å². The van der Waals surface area contributed by atoms with Gasteiger partial charge in [0.2, 0.25) is 0 Å². The first kappa shape index (κ1) is 12.1. The summed E-state index contributed by atoms with van der Waals surface area (Å²) in [6.45, 7) is 2.17. The normalized spacial score (nSPS) is 15.4. The average molecular weight is 279 g/mol. The smallest absolute Gasteiger partial charge is 0.180 e. The molecule has 2 aromatic rings. The van der Waals surface area contributed by atoms with E-state index in [1.54, 1.807) is 0 Å². The van der Waals surface area contributed by atoms with Crippen molar-refractivity contribution in [1.29, 1.82) is 0 Å². The molecule has 3 nitrogen and oxygen atoms in total. The second-order valence-electron chi connectivity index (χ2n) is 4.71. The summed E-state index contributed by atoms with van der Waals surface area (Å²) < 4.78 is 0. The van der Waals surface area contributed by atoms with E-state index in [0.29, 0.717) is 5.13 Å². The van der Waals surface area contributed by atoms with E-state index in [4.69, 9.17) is 5.73 Å². The number of hydrogen-bond donors (Lipinski definition) is 1. The van der Waals surface area contributed by atoms with E-state index in [-0.39, 0.29) is 0 Å². The predicted molar refractivity (Wildman–Crippen MR) is 78.0 cm³/mol. The Hall–Kier alpha value is -0.910. The van der Waals surface area contributed by atoms with Crippen molar-refractivity contribution in [3.63, 3.8) is 0 Å². The van der Waals surface area contributed by atoms with Gasteiger partial charge in [-0.05, 0) is 24.3 Å². The minimum Gasteiger partial charge on any atom is -0.375 e. The first-order valence-corrected chi connectivity index (χ1v) is 8.03. The Morgan fingerprint density at radius 3 is 2.89 bits per heavy atom. The number of nitrogens with zero attached hydrogens (tertiary/aromatic N) is 2. The van der Waals surface area contributed by atoms with Crippen molar-refractivity contribution in [3.05, 3.63) is 33.5 Å². The number of nitrogens with two attached hydrogens (primary N) is 1. The lowest BCUT2D eigenvalue weighted by molar-refractivity contribution is 0.260. The highest BCUT2D eigenvalue weighted by Crippen LogP contribution is 2.29. The molecule has 0 atom stereocenters. The van der Waals surface area contributed by atoms with Gasteiger partial charge in [-0.3, -0.25) is 4.90 Å². The third kappa shape index (κ3) is 3.10. The summed E-state index contributed by atoms with van der Waals surface area (Å²) >= 11 is 3.38. The summed E-state index contributed by atoms with van der Waals surface area (Å²) in [6, 6.07) is 5.15. The molecule has 3 rings (SSSR count). The molecule has 0 saturated heterocycles. The van der Waals surface area contributed by atoms with Gasteiger partial charge < -0.3 is 5.73 Å². The Morgan fingerprint density at radius 1 is 1.39 bits per heavy atom. The van der Waals surface area contributed by atoms with Crippen LogP contribution in [0.1, 0.15) is 23.4 Å². The quantitative estimate of drug-likeness (QED) is 0.884. The number of aromatic nitrogens is 1. The molecule has 0 spiro atoms. The highest BCUT2D eigenvalue weighted by molar-refractivity contribution is 7.13. The van der Waals surface area contributed by atoms with Crippen LogP contribution in [-0.2, 0) is 13.0 Å². The average Bonchev–Trinajstić information content (AvgIpc) is 2.92. The van der Waals surface area contributed by atoms with Crippen molar-refractivity contribution >= 4 is 27.8 Å². The maximum Gasteiger partial charge on any atom is 0.180 e. The van der Waals surface area contributed by atoms with Gasteiger partial charge in [0.1, 0.15) is 0 Å². The maximum atomic E-state index is 5.66. The van der Waals surface area contributed by atoms with E-state index in [1.165, 1.54) is 29.1 Å². The zero-order valence-electron chi connectivity index (χ0n) is 10.2. The maximum absolute atomic E-state index is 5.66. The lowest BCUT2D eigenvalue weighted by Gasteiger charge is -2.20. The third-order valence-electron chi connectivity index (χ3n) is 3.23. The van der Waals surface area contributed by atoms with Gasteiger partial charge in [0.05, 0.1) is 5.69 Å². The molecule has 2 N–H and O–H groups in total. The lowest BCUT2D eigenvalue weighted by Crippen LogP contribution is -2.27. The van der Waals surface area contributed by atoms with E-state index in [0.717, 1.165) is 31.2 Å². The highest BCUT2D eigenvalue weighted by Gasteiger charge is 2.28. The molecule has 0 radical (unpaired) electrons. The van der Waals surface area contributed by atoms with E-state index in [9.17, 15) is 0 Å². The predicted octanol–water partition coefficient (Wildman–Crippen LogP) is 2.99. The molecular formula is C13H17N3S2. The van der Waals surface area contributed by atoms with Crippen LogP contribution in [0.25, 0.3) is 0 Å². The number of thiazole rings is 1. The SMILES string of the molecule is Nc1nc(CCN(Cc2cccs2)C2CC2)cs1. The van der Waals surface area contributed by atoms with Gasteiger partial charge in [0.25, 0.3) is 0 Å². The fourth-order valence-corrected chi connectivity index (χ4v) is 3.46. The van der Waals surface area contributed by atoms with E-state index >= 15 is 0 Å². The van der Waals surface area contributed by atoms with Crippen LogP contribution in [-0.4, -0.2) is 22.5 Å². The second kappa shape index (κ2) is 5.38. The van der Waals surface area contributed by atoms with Gasteiger partial charge in [-0.1, -0.05) is 6.07 Å². The largest absolute Gasteiger partial charge is 0.375 e. The summed E-state index contributed by atoms with van der Waals surface area (Å²) in [5, 5.41) is 4.91. The zero-order valence-corrected chi connectivity index (χ0v) is 11.8. The summed E-state index contributed by atoms with van der Waals surface area (Å²) in [5.41, 5.74) is 6.80. The van der Waals surface area contributed by atoms with Crippen molar-refractivity contribution in [2.24, 2.45) is 0 Å². The summed E-state index contributed by atoms with van der Waals surface area (Å²) in [7, 11) is 0. The molecule has 1 aliphatic carbocycles. The molecule has 0 aliphatic heterocycles. The molecule has 1 fully saturated rings. The van der Waals surface area contributed by atoms with Crippen molar-refractivity contribution in [3.8, 4) is 0 Å². The van der Waals surface area contributed by atoms with Crippen molar-refractivity contribution in [1.82, 2.24) is 9.88 Å². The van der Waals surface area contributed by atoms with Crippen LogP contribution < -0.4 is 5.73 Å². The zero-order chi connectivity index (χ0) is 12.4. The fourth-order valence-electron chi connectivity index (χ4n) is 2.13. The number of anilines is 1. The van der Waals surface area contributed by atoms with Gasteiger partial charge in [0, 0.05) is 35.8 Å². The van der Waals surface area contributed by atoms with Crippen LogP contribution in [0.5, 0.6) is 0 Å². The van der Waals surface area contributed by atoms with Gasteiger partial charge in [0.15, 0.2) is 5.13 Å². The molecule has 0 unspecified atom stereocenters. The van der Waals surface area contributed by atoms with Crippen molar-refractivity contribution in [2.45, 2.75) is 31.8 Å². The first-order valence-electron chi connectivity index (χ1n) is 6.27. The second-order valence-corrected chi connectivity index (χ2v) is 6.63. The Labute approximate surface area is 115 Å². The van der Waals surface area contributed by atoms with E-state index in [2.05, 4.69) is 32.8 Å². The fraction of sp³-hybridized carbons (Fsp3) is 0.462. The number of hydrogen-bond acceptors (Lipinski definition) is 5. The summed E-state index contributed by atoms with van der Waals surface area (Å²) in [6.07, 6.45) is 3.71. The molecule has 2 heterocycles. The first-order chi connectivity index (χ1) is 8.81. The third-order valence-corrected chi connectivity index (χ3v) is 4.81. The van der Waals surface area contributed by atoms with Crippen LogP contribution in [0.2, 0.25) is 0 Å². The van der Waals surface area contributed by atoms with Crippen molar-refractivity contribution < 1.29 is 0 Å². The Kier molecular flexibility index (Phi) is 3.63. The molecular weight excluding hydrogens is 262 g/mol.